The molecule has 5 heteroatoms. The number of nitrogens with zero attached hydrogens (tertiary/aromatic N) is 2. The minimum Gasteiger partial charge on any atom is -0.351 e. The lowest BCUT2D eigenvalue weighted by Crippen LogP contribution is -2.46. The molecular formula is C16H18N4O. The second kappa shape index (κ2) is 4.84. The third-order valence-electron chi connectivity index (χ3n) is 3.20. The van der Waals surface area contributed by atoms with Crippen LogP contribution in [0.25, 0.3) is 10.9 Å². The summed E-state index contributed by atoms with van der Waals surface area (Å²) in [6.07, 6.45) is 1.73. The van der Waals surface area contributed by atoms with Gasteiger partial charge in [-0.25, -0.2) is 4.99 Å². The highest BCUT2D eigenvalue weighted by Gasteiger charge is 2.30. The minimum atomic E-state index is -0.548. The summed E-state index contributed by atoms with van der Waals surface area (Å²) in [4.78, 5) is 21.1. The second-order valence-electron chi connectivity index (χ2n) is 6.17. The van der Waals surface area contributed by atoms with Gasteiger partial charge in [-0.3, -0.25) is 15.1 Å². The smallest absolute Gasteiger partial charge is 0.256 e. The number of pyridine rings is 1. The van der Waals surface area contributed by atoms with Crippen LogP contribution >= 0.6 is 0 Å². The summed E-state index contributed by atoms with van der Waals surface area (Å²) in [5.74, 6) is 0.394. The normalized spacial score (nSPS) is 18.5. The number of nitrogens with one attached hydrogen (secondary N) is 2. The Bertz CT molecular complexity index is 725. The predicted octanol–water partition coefficient (Wildman–Crippen LogP) is 2.15. The van der Waals surface area contributed by atoms with Gasteiger partial charge in [0.25, 0.3) is 5.91 Å². The van der Waals surface area contributed by atoms with E-state index in [1.165, 1.54) is 0 Å². The van der Waals surface area contributed by atoms with E-state index in [4.69, 9.17) is 0 Å². The quantitative estimate of drug-likeness (QED) is 0.842. The number of para-hydroxylation sites is 1. The molecule has 0 saturated heterocycles. The highest BCUT2D eigenvalue weighted by Crippen LogP contribution is 2.27. The molecule has 2 heterocycles. The second-order valence-corrected chi connectivity index (χ2v) is 6.17. The molecule has 108 valence electrons. The number of guanidine groups is 1. The SMILES string of the molecule is CC(C)(C)NC1=NC(c2cccc3cccnc23)C(=O)N1. The van der Waals surface area contributed by atoms with Crippen LogP contribution in [-0.2, 0) is 4.79 Å². The number of fused-ring (bicyclic) bond motifs is 1. The first-order chi connectivity index (χ1) is 9.94. The number of carbonyl (C=O) groups is 1. The van der Waals surface area contributed by atoms with Gasteiger partial charge in [0.2, 0.25) is 0 Å². The Hall–Kier alpha value is -2.43. The van der Waals surface area contributed by atoms with Gasteiger partial charge in [-0.1, -0.05) is 24.3 Å². The highest BCUT2D eigenvalue weighted by atomic mass is 16.2. The van der Waals surface area contributed by atoms with E-state index in [0.29, 0.717) is 5.96 Å². The number of benzene rings is 1. The Morgan fingerprint density at radius 3 is 2.71 bits per heavy atom. The van der Waals surface area contributed by atoms with Crippen LogP contribution < -0.4 is 10.6 Å². The van der Waals surface area contributed by atoms with Crippen LogP contribution in [0.2, 0.25) is 0 Å². The minimum absolute atomic E-state index is 0.125. The number of amides is 1. The van der Waals surface area contributed by atoms with Crippen LogP contribution in [0.1, 0.15) is 32.4 Å². The molecule has 3 rings (SSSR count). The largest absolute Gasteiger partial charge is 0.351 e. The molecule has 0 radical (unpaired) electrons. The number of rotatable bonds is 1. The number of carbonyl (C=O) groups excluding carboxylic acids is 1. The zero-order chi connectivity index (χ0) is 15.0. The van der Waals surface area contributed by atoms with Gasteiger partial charge >= 0.3 is 0 Å². The van der Waals surface area contributed by atoms with Crippen molar-refractivity contribution < 1.29 is 4.79 Å². The molecule has 1 aliphatic rings. The third kappa shape index (κ3) is 2.72. The van der Waals surface area contributed by atoms with E-state index in [1.54, 1.807) is 6.20 Å². The van der Waals surface area contributed by atoms with E-state index in [2.05, 4.69) is 20.6 Å². The molecule has 0 saturated carbocycles. The van der Waals surface area contributed by atoms with Crippen LogP contribution in [-0.4, -0.2) is 22.4 Å². The van der Waals surface area contributed by atoms with Gasteiger partial charge in [-0.05, 0) is 26.8 Å². The van der Waals surface area contributed by atoms with Crippen LogP contribution in [0, 0.1) is 0 Å². The third-order valence-corrected chi connectivity index (χ3v) is 3.20. The molecule has 0 bridgehead atoms. The van der Waals surface area contributed by atoms with Crippen molar-refractivity contribution in [3.63, 3.8) is 0 Å². The summed E-state index contributed by atoms with van der Waals surface area (Å²) in [7, 11) is 0. The molecule has 5 nitrogen and oxygen atoms in total. The van der Waals surface area contributed by atoms with E-state index in [9.17, 15) is 4.79 Å². The molecule has 1 atom stereocenters. The van der Waals surface area contributed by atoms with Gasteiger partial charge in [0.05, 0.1) is 5.52 Å². The van der Waals surface area contributed by atoms with Crippen molar-refractivity contribution in [3.05, 3.63) is 42.1 Å². The topological polar surface area (TPSA) is 66.4 Å². The number of aromatic nitrogens is 1. The Morgan fingerprint density at radius 2 is 1.95 bits per heavy atom. The molecule has 0 aliphatic carbocycles. The maximum absolute atomic E-state index is 12.2. The lowest BCUT2D eigenvalue weighted by Gasteiger charge is -2.21. The Labute approximate surface area is 123 Å². The van der Waals surface area contributed by atoms with Crippen LogP contribution in [0.5, 0.6) is 0 Å². The zero-order valence-corrected chi connectivity index (χ0v) is 12.3. The molecule has 1 aromatic heterocycles. The molecule has 1 aromatic carbocycles. The number of hydrogen-bond acceptors (Lipinski definition) is 4. The fraction of sp³-hybridized carbons (Fsp3) is 0.312. The molecule has 1 unspecified atom stereocenters. The summed E-state index contributed by atoms with van der Waals surface area (Å²) >= 11 is 0. The van der Waals surface area contributed by atoms with Gasteiger partial charge in [-0.15, -0.1) is 0 Å². The van der Waals surface area contributed by atoms with Crippen molar-refractivity contribution in [1.82, 2.24) is 15.6 Å². The molecular weight excluding hydrogens is 264 g/mol. The average molecular weight is 282 g/mol. The zero-order valence-electron chi connectivity index (χ0n) is 12.3. The van der Waals surface area contributed by atoms with E-state index >= 15 is 0 Å². The van der Waals surface area contributed by atoms with Gasteiger partial charge in [0.15, 0.2) is 12.0 Å². The lowest BCUT2D eigenvalue weighted by atomic mass is 10.0. The van der Waals surface area contributed by atoms with Gasteiger partial charge < -0.3 is 5.32 Å². The molecule has 1 aliphatic heterocycles. The van der Waals surface area contributed by atoms with E-state index in [0.717, 1.165) is 16.5 Å². The molecule has 0 spiro atoms. The Balaban J connectivity index is 2.01. The number of aliphatic imine (C=N–C) groups is 1. The number of hydrogen-bond donors (Lipinski definition) is 2. The van der Waals surface area contributed by atoms with Gasteiger partial charge in [-0.2, -0.15) is 0 Å². The van der Waals surface area contributed by atoms with Crippen molar-refractivity contribution in [2.45, 2.75) is 32.4 Å². The lowest BCUT2D eigenvalue weighted by molar-refractivity contribution is -0.120. The Kier molecular flexibility index (Phi) is 3.12. The van der Waals surface area contributed by atoms with Crippen LogP contribution in [0.15, 0.2) is 41.5 Å². The maximum Gasteiger partial charge on any atom is 0.256 e. The first-order valence-electron chi connectivity index (χ1n) is 6.94. The van der Waals surface area contributed by atoms with Crippen molar-refractivity contribution in [2.75, 3.05) is 0 Å². The van der Waals surface area contributed by atoms with Gasteiger partial charge in [0.1, 0.15) is 0 Å². The summed E-state index contributed by atoms with van der Waals surface area (Å²) < 4.78 is 0. The van der Waals surface area contributed by atoms with Crippen LogP contribution in [0.3, 0.4) is 0 Å². The summed E-state index contributed by atoms with van der Waals surface area (Å²) in [5, 5.41) is 7.00. The van der Waals surface area contributed by atoms with Crippen LogP contribution in [0.4, 0.5) is 0 Å². The summed E-state index contributed by atoms with van der Waals surface area (Å²) in [6.45, 7) is 6.07. The monoisotopic (exact) mass is 282 g/mol. The fourth-order valence-corrected chi connectivity index (χ4v) is 2.38. The summed E-state index contributed by atoms with van der Waals surface area (Å²) in [5.41, 5.74) is 1.50. The summed E-state index contributed by atoms with van der Waals surface area (Å²) in [6, 6.07) is 9.14. The average Bonchev–Trinajstić information content (AvgIpc) is 2.76. The van der Waals surface area contributed by atoms with Crippen molar-refractivity contribution in [3.8, 4) is 0 Å². The van der Waals surface area contributed by atoms with Crippen molar-refractivity contribution >= 4 is 22.8 Å². The molecule has 0 fully saturated rings. The standard InChI is InChI=1S/C16H18N4O/c1-16(2,3)20-15-18-13(14(21)19-15)11-8-4-6-10-7-5-9-17-12(10)11/h4-9,13H,1-3H3,(H2,18,19,20,21). The van der Waals surface area contributed by atoms with E-state index in [1.807, 2.05) is 51.1 Å². The van der Waals surface area contributed by atoms with E-state index < -0.39 is 6.04 Å². The van der Waals surface area contributed by atoms with Gasteiger partial charge in [0, 0.05) is 22.7 Å². The molecule has 1 amide bonds. The Morgan fingerprint density at radius 1 is 1.19 bits per heavy atom. The van der Waals surface area contributed by atoms with Crippen molar-refractivity contribution in [2.24, 2.45) is 4.99 Å². The first kappa shape index (κ1) is 13.5. The van der Waals surface area contributed by atoms with E-state index in [-0.39, 0.29) is 11.4 Å². The molecule has 2 aromatic rings. The molecule has 21 heavy (non-hydrogen) atoms. The molecule has 2 N–H and O–H groups in total. The first-order valence-corrected chi connectivity index (χ1v) is 6.94. The highest BCUT2D eigenvalue weighted by molar-refractivity contribution is 6.06. The van der Waals surface area contributed by atoms with Crippen molar-refractivity contribution in [1.29, 1.82) is 0 Å². The maximum atomic E-state index is 12.2. The predicted molar refractivity (Wildman–Crippen MR) is 83.0 cm³/mol. The fourth-order valence-electron chi connectivity index (χ4n) is 2.38.